The number of amides is 12. The van der Waals surface area contributed by atoms with Crippen LogP contribution < -0.4 is 16.0 Å². The van der Waals surface area contributed by atoms with Gasteiger partial charge in [0.1, 0.15) is 47.8 Å². The van der Waals surface area contributed by atoms with Crippen molar-refractivity contribution in [1.82, 2.24) is 60.0 Å². The lowest BCUT2D eigenvalue weighted by Crippen LogP contribution is -2.65. The van der Waals surface area contributed by atoms with Crippen LogP contribution >= 0.6 is 11.6 Å². The first-order valence-corrected chi connectivity index (χ1v) is 35.2. The molecule has 548 valence electrons. The van der Waals surface area contributed by atoms with Gasteiger partial charge in [-0.1, -0.05) is 83.9 Å². The van der Waals surface area contributed by atoms with Gasteiger partial charge in [-0.3, -0.25) is 57.5 Å². The van der Waals surface area contributed by atoms with Crippen molar-refractivity contribution >= 4 is 82.5 Å². The highest BCUT2D eigenvalue weighted by molar-refractivity contribution is 6.31. The number of carbonyl (C=O) groups excluding carboxylic acids is 12. The summed E-state index contributed by atoms with van der Waals surface area (Å²) in [5.41, 5.74) is -2.38. The molecule has 0 radical (unpaired) electrons. The SMILES string of the molecule is CC[C@H](C)[C@@H]1NC(=O)[C@H](CC(C)C)N(C)C(=O)C[C@@H](C(=O)N2CCCCC2)N(C)C(=O)[C@H](C2CCCCC2)N(C)C(=O)C2(CCCC2)NC(=O)[C@@H]2CCCN2C(=O)[C@H](CCc2ccc(C(F)(F)F)c(Cl)c2)NC(=O)CN(C)C(=O)[C@H]([C@@H](C)OC)N(C)C(=O)CN(C)C(=O)CN(C)C1=O. The Morgan fingerprint density at radius 1 is 0.663 bits per heavy atom. The lowest BCUT2D eigenvalue weighted by Gasteiger charge is -2.43. The normalized spacial score (nSPS) is 26.4. The van der Waals surface area contributed by atoms with Crippen molar-refractivity contribution in [3.63, 3.8) is 0 Å². The van der Waals surface area contributed by atoms with Gasteiger partial charge in [-0.05, 0) is 119 Å². The summed E-state index contributed by atoms with van der Waals surface area (Å²) in [6, 6.07) is -5.95. The number of alkyl halides is 3. The molecule has 3 N–H and O–H groups in total. The highest BCUT2D eigenvalue weighted by Crippen LogP contribution is 2.38. The second kappa shape index (κ2) is 35.3. The van der Waals surface area contributed by atoms with Gasteiger partial charge in [0.05, 0.1) is 42.7 Å². The maximum absolute atomic E-state index is 15.8. The standard InChI is InChI=1S/C69H106ClF3N12O13/c1-14-43(4)57-64(94)79(8)40-55(88)77(6)41-56(89)82(11)58(44(5)98-13)65(95)78(7)39-53(86)74-49(30-28-45-27-29-47(48(70)37-45)69(71,72)73)62(92)85-35-23-26-50(85)61(91)76-68(31-19-20-32-68)67(97)83(12)59(46-24-17-15-18-25-46)66(96)81(10)52(63(93)84-33-21-16-22-34-84)38-54(87)80(9)51(36-42(2)3)60(90)75-57/h27,29,37,42-44,46,49-52,57-59H,14-26,28,30-36,38-41H2,1-13H3,(H,74,86)(H,75,90)(H,76,91)/t43-,44+,49-,50-,51-,52-,57-,58-,59-/m0/s1. The minimum atomic E-state index is -4.77. The number of carbonyl (C=O) groups is 12. The number of benzene rings is 1. The highest BCUT2D eigenvalue weighted by atomic mass is 35.5. The van der Waals surface area contributed by atoms with Gasteiger partial charge in [-0.25, -0.2) is 0 Å². The maximum atomic E-state index is 15.8. The summed E-state index contributed by atoms with van der Waals surface area (Å²) in [4.78, 5) is 189. The van der Waals surface area contributed by atoms with Crippen LogP contribution in [0.1, 0.15) is 161 Å². The summed E-state index contributed by atoms with van der Waals surface area (Å²) in [6.07, 6.45) is 1.33. The fourth-order valence-corrected chi connectivity index (χ4v) is 14.8. The molecule has 29 heteroatoms. The van der Waals surface area contributed by atoms with Crippen LogP contribution in [-0.4, -0.2) is 265 Å². The molecular formula is C69H106ClF3N12O13. The van der Waals surface area contributed by atoms with Crippen LogP contribution in [0.25, 0.3) is 0 Å². The predicted molar refractivity (Wildman–Crippen MR) is 359 cm³/mol. The fraction of sp³-hybridized carbons (Fsp3) is 0.739. The molecule has 9 atom stereocenters. The van der Waals surface area contributed by atoms with Gasteiger partial charge in [-0.15, -0.1) is 0 Å². The van der Waals surface area contributed by atoms with Crippen molar-refractivity contribution in [2.24, 2.45) is 17.8 Å². The first kappa shape index (κ1) is 79.9. The smallest absolute Gasteiger partial charge is 0.379 e. The molecule has 1 spiro atoms. The average molecular weight is 1400 g/mol. The summed E-state index contributed by atoms with van der Waals surface area (Å²) in [5.74, 6) is -9.27. The molecule has 6 rings (SSSR count). The summed E-state index contributed by atoms with van der Waals surface area (Å²) in [7, 11) is 11.0. The number of likely N-dealkylation sites (N-methyl/N-ethyl adjacent to an activating group) is 7. The highest BCUT2D eigenvalue weighted by Gasteiger charge is 2.51. The third kappa shape index (κ3) is 19.7. The number of likely N-dealkylation sites (tertiary alicyclic amines) is 1. The van der Waals surface area contributed by atoms with Crippen LogP contribution in [0.4, 0.5) is 13.2 Å². The van der Waals surface area contributed by atoms with Gasteiger partial charge in [0, 0.05) is 76.1 Å². The van der Waals surface area contributed by atoms with E-state index in [4.69, 9.17) is 16.3 Å². The minimum absolute atomic E-state index is 0.0195. The van der Waals surface area contributed by atoms with E-state index in [2.05, 4.69) is 16.0 Å². The predicted octanol–water partition coefficient (Wildman–Crippen LogP) is 4.49. The van der Waals surface area contributed by atoms with Crippen LogP contribution in [0.5, 0.6) is 0 Å². The first-order chi connectivity index (χ1) is 46.1. The first-order valence-electron chi connectivity index (χ1n) is 34.8. The number of nitrogens with zero attached hydrogens (tertiary/aromatic N) is 9. The second-order valence-corrected chi connectivity index (χ2v) is 28.7. The number of hydrogen-bond acceptors (Lipinski definition) is 13. The number of methoxy groups -OCH3 is 1. The number of halogens is 4. The van der Waals surface area contributed by atoms with Gasteiger partial charge in [0.25, 0.3) is 0 Å². The summed E-state index contributed by atoms with van der Waals surface area (Å²) in [5, 5.41) is 8.06. The third-order valence-electron chi connectivity index (χ3n) is 20.8. The molecule has 3 heterocycles. The van der Waals surface area contributed by atoms with E-state index in [1.54, 1.807) is 11.8 Å². The van der Waals surface area contributed by atoms with Crippen LogP contribution in [0, 0.1) is 17.8 Å². The van der Waals surface area contributed by atoms with E-state index in [0.29, 0.717) is 64.5 Å². The van der Waals surface area contributed by atoms with E-state index in [9.17, 15) is 41.9 Å². The number of nitrogens with one attached hydrogen (secondary N) is 3. The van der Waals surface area contributed by atoms with E-state index in [0.717, 1.165) is 57.4 Å². The fourth-order valence-electron chi connectivity index (χ4n) is 14.4. The van der Waals surface area contributed by atoms with Crippen molar-refractivity contribution in [3.8, 4) is 0 Å². The molecule has 0 unspecified atom stereocenters. The van der Waals surface area contributed by atoms with Crippen molar-refractivity contribution in [2.45, 2.75) is 217 Å². The number of rotatable bonds is 11. The molecule has 98 heavy (non-hydrogen) atoms. The van der Waals surface area contributed by atoms with E-state index in [1.165, 1.54) is 89.0 Å². The summed E-state index contributed by atoms with van der Waals surface area (Å²) < 4.78 is 47.0. The Labute approximate surface area is 580 Å². The molecule has 0 aromatic heterocycles. The zero-order chi connectivity index (χ0) is 72.8. The Bertz CT molecular complexity index is 3050. The molecule has 3 saturated heterocycles. The maximum Gasteiger partial charge on any atom is 0.417 e. The van der Waals surface area contributed by atoms with Crippen LogP contribution in [-0.2, 0) is 74.9 Å². The zero-order valence-electron chi connectivity index (χ0n) is 59.6. The lowest BCUT2D eigenvalue weighted by molar-refractivity contribution is -0.157. The largest absolute Gasteiger partial charge is 0.417 e. The number of aryl methyl sites for hydroxylation is 1. The van der Waals surface area contributed by atoms with E-state index in [-0.39, 0.29) is 56.6 Å². The Kier molecular flexibility index (Phi) is 28.8. The van der Waals surface area contributed by atoms with Gasteiger partial charge < -0.3 is 64.8 Å². The van der Waals surface area contributed by atoms with Gasteiger partial charge in [0.15, 0.2) is 0 Å². The Morgan fingerprint density at radius 2 is 1.28 bits per heavy atom. The molecule has 1 aromatic carbocycles. The van der Waals surface area contributed by atoms with Crippen molar-refractivity contribution in [2.75, 3.05) is 95.7 Å². The van der Waals surface area contributed by atoms with Crippen LogP contribution in [0.2, 0.25) is 5.02 Å². The minimum Gasteiger partial charge on any atom is -0.379 e. The lowest BCUT2D eigenvalue weighted by atomic mass is 9.81. The molecule has 0 bridgehead atoms. The number of ether oxygens (including phenoxy) is 1. The Balaban J connectivity index is 1.44. The molecule has 5 aliphatic rings. The van der Waals surface area contributed by atoms with Gasteiger partial charge in [0.2, 0.25) is 70.9 Å². The van der Waals surface area contributed by atoms with Gasteiger partial charge in [-0.2, -0.15) is 13.2 Å². The second-order valence-electron chi connectivity index (χ2n) is 28.3. The number of piperidine rings is 1. The van der Waals surface area contributed by atoms with Crippen molar-refractivity contribution in [3.05, 3.63) is 34.3 Å². The Morgan fingerprint density at radius 3 is 1.87 bits per heavy atom. The molecule has 5 fully saturated rings. The third-order valence-corrected chi connectivity index (χ3v) is 21.1. The summed E-state index contributed by atoms with van der Waals surface area (Å²) >= 11 is 6.13. The molecule has 3 aliphatic heterocycles. The van der Waals surface area contributed by atoms with Crippen LogP contribution in [0.3, 0.4) is 0 Å². The van der Waals surface area contributed by atoms with Crippen molar-refractivity contribution in [1.29, 1.82) is 0 Å². The van der Waals surface area contributed by atoms with E-state index >= 15 is 28.8 Å². The summed E-state index contributed by atoms with van der Waals surface area (Å²) in [6.45, 7) is 7.70. The molecule has 2 aliphatic carbocycles. The van der Waals surface area contributed by atoms with E-state index < -0.39 is 179 Å². The Hall–Kier alpha value is -7.10. The van der Waals surface area contributed by atoms with E-state index in [1.807, 2.05) is 20.8 Å². The molecule has 2 saturated carbocycles. The number of fused-ring (bicyclic) bond motifs is 1. The molecule has 12 amide bonds. The topological polar surface area (TPSA) is 279 Å². The quantitative estimate of drug-likeness (QED) is 0.276. The zero-order valence-corrected chi connectivity index (χ0v) is 60.4. The average Bonchev–Trinajstić information content (AvgIpc) is 1.31. The number of hydrogen-bond donors (Lipinski definition) is 3. The van der Waals surface area contributed by atoms with Crippen molar-refractivity contribution < 1.29 is 75.4 Å². The molecule has 25 nitrogen and oxygen atoms in total. The monoisotopic (exact) mass is 1400 g/mol. The molecule has 1 aromatic rings. The van der Waals surface area contributed by atoms with Gasteiger partial charge >= 0.3 is 6.18 Å². The van der Waals surface area contributed by atoms with Crippen LogP contribution in [0.15, 0.2) is 18.2 Å². The molecular weight excluding hydrogens is 1300 g/mol.